The average molecular weight is 367 g/mol. The molecular formula is C22H29N3O2. The fourth-order valence-corrected chi connectivity index (χ4v) is 3.20. The summed E-state index contributed by atoms with van der Waals surface area (Å²) < 4.78 is 5.70. The van der Waals surface area contributed by atoms with Crippen molar-refractivity contribution in [1.82, 2.24) is 4.90 Å². The third-order valence-electron chi connectivity index (χ3n) is 4.90. The van der Waals surface area contributed by atoms with Gasteiger partial charge in [0.2, 0.25) is 0 Å². The van der Waals surface area contributed by atoms with Crippen molar-refractivity contribution >= 4 is 17.4 Å². The van der Waals surface area contributed by atoms with Gasteiger partial charge in [0, 0.05) is 37.6 Å². The number of urea groups is 1. The number of carbonyl (C=O) groups excluding carboxylic acids is 1. The van der Waals surface area contributed by atoms with Crippen LogP contribution >= 0.6 is 0 Å². The molecule has 0 bridgehead atoms. The van der Waals surface area contributed by atoms with Gasteiger partial charge in [0.1, 0.15) is 5.75 Å². The second-order valence-electron chi connectivity index (χ2n) is 7.36. The lowest BCUT2D eigenvalue weighted by Crippen LogP contribution is -2.50. The molecule has 1 fully saturated rings. The Hall–Kier alpha value is -2.69. The molecule has 5 heteroatoms. The molecule has 0 spiro atoms. The number of piperazine rings is 1. The molecule has 0 aliphatic carbocycles. The molecular weight excluding hydrogens is 338 g/mol. The van der Waals surface area contributed by atoms with Crippen molar-refractivity contribution in [2.24, 2.45) is 0 Å². The van der Waals surface area contributed by atoms with Crippen LogP contribution in [0.25, 0.3) is 0 Å². The fourth-order valence-electron chi connectivity index (χ4n) is 3.20. The normalized spacial score (nSPS) is 14.4. The summed E-state index contributed by atoms with van der Waals surface area (Å²) in [5, 5.41) is 3.01. The zero-order valence-corrected chi connectivity index (χ0v) is 16.7. The molecule has 0 aromatic heterocycles. The van der Waals surface area contributed by atoms with Gasteiger partial charge in [-0.1, -0.05) is 6.07 Å². The molecule has 2 aromatic rings. The van der Waals surface area contributed by atoms with Crippen LogP contribution in [0, 0.1) is 13.8 Å². The highest BCUT2D eigenvalue weighted by atomic mass is 16.5. The van der Waals surface area contributed by atoms with E-state index in [0.717, 1.165) is 24.5 Å². The van der Waals surface area contributed by atoms with E-state index in [1.165, 1.54) is 16.8 Å². The van der Waals surface area contributed by atoms with Crippen LogP contribution in [0.2, 0.25) is 0 Å². The molecule has 1 heterocycles. The van der Waals surface area contributed by atoms with E-state index in [2.05, 4.69) is 36.2 Å². The van der Waals surface area contributed by atoms with Crippen molar-refractivity contribution in [3.8, 4) is 5.75 Å². The Labute approximate surface area is 161 Å². The van der Waals surface area contributed by atoms with Crippen LogP contribution in [-0.4, -0.2) is 43.2 Å². The summed E-state index contributed by atoms with van der Waals surface area (Å²) in [6, 6.07) is 14.2. The molecule has 3 rings (SSSR count). The Morgan fingerprint density at radius 2 is 1.63 bits per heavy atom. The third kappa shape index (κ3) is 4.94. The van der Waals surface area contributed by atoms with E-state index in [-0.39, 0.29) is 12.1 Å². The van der Waals surface area contributed by atoms with Crippen LogP contribution in [-0.2, 0) is 0 Å². The molecule has 2 amide bonds. The number of nitrogens with zero attached hydrogens (tertiary/aromatic N) is 2. The highest BCUT2D eigenvalue weighted by molar-refractivity contribution is 5.89. The maximum Gasteiger partial charge on any atom is 0.321 e. The highest BCUT2D eigenvalue weighted by Gasteiger charge is 2.21. The minimum atomic E-state index is -0.0291. The lowest BCUT2D eigenvalue weighted by molar-refractivity contribution is 0.208. The van der Waals surface area contributed by atoms with Gasteiger partial charge in [-0.25, -0.2) is 4.79 Å². The van der Waals surface area contributed by atoms with Gasteiger partial charge in [-0.05, 0) is 75.2 Å². The molecule has 2 aromatic carbocycles. The fraction of sp³-hybridized carbons (Fsp3) is 0.409. The lowest BCUT2D eigenvalue weighted by atomic mass is 10.1. The SMILES string of the molecule is Cc1ccc(NC(=O)N2CCN(c3ccc(OC(C)C)cc3)CC2)cc1C. The van der Waals surface area contributed by atoms with Crippen molar-refractivity contribution in [2.45, 2.75) is 33.8 Å². The smallest absolute Gasteiger partial charge is 0.321 e. The molecule has 1 aliphatic heterocycles. The van der Waals surface area contributed by atoms with E-state index < -0.39 is 0 Å². The summed E-state index contributed by atoms with van der Waals surface area (Å²) in [5.41, 5.74) is 4.43. The number of benzene rings is 2. The van der Waals surface area contributed by atoms with Gasteiger partial charge in [-0.15, -0.1) is 0 Å². The van der Waals surface area contributed by atoms with Gasteiger partial charge >= 0.3 is 6.03 Å². The van der Waals surface area contributed by atoms with Crippen LogP contribution in [0.3, 0.4) is 0 Å². The minimum Gasteiger partial charge on any atom is -0.491 e. The number of amides is 2. The minimum absolute atomic E-state index is 0.0291. The maximum absolute atomic E-state index is 12.5. The quantitative estimate of drug-likeness (QED) is 0.869. The molecule has 1 saturated heterocycles. The van der Waals surface area contributed by atoms with Gasteiger partial charge in [0.05, 0.1) is 6.10 Å². The summed E-state index contributed by atoms with van der Waals surface area (Å²) in [6.45, 7) is 11.2. The number of rotatable bonds is 4. The molecule has 0 radical (unpaired) electrons. The zero-order chi connectivity index (χ0) is 19.4. The average Bonchev–Trinajstić information content (AvgIpc) is 2.65. The van der Waals surface area contributed by atoms with Crippen LogP contribution < -0.4 is 15.0 Å². The Balaban J connectivity index is 1.53. The number of anilines is 2. The third-order valence-corrected chi connectivity index (χ3v) is 4.90. The first-order valence-electron chi connectivity index (χ1n) is 9.57. The number of ether oxygens (including phenoxy) is 1. The highest BCUT2D eigenvalue weighted by Crippen LogP contribution is 2.22. The monoisotopic (exact) mass is 367 g/mol. The van der Waals surface area contributed by atoms with E-state index in [0.29, 0.717) is 13.1 Å². The predicted octanol–water partition coefficient (Wildman–Crippen LogP) is 4.44. The zero-order valence-electron chi connectivity index (χ0n) is 16.7. The molecule has 5 nitrogen and oxygen atoms in total. The summed E-state index contributed by atoms with van der Waals surface area (Å²) in [4.78, 5) is 16.7. The van der Waals surface area contributed by atoms with Crippen LogP contribution in [0.1, 0.15) is 25.0 Å². The molecule has 144 valence electrons. The van der Waals surface area contributed by atoms with E-state index in [1.54, 1.807) is 0 Å². The molecule has 1 aliphatic rings. The molecule has 27 heavy (non-hydrogen) atoms. The van der Waals surface area contributed by atoms with Gasteiger partial charge in [0.25, 0.3) is 0 Å². The van der Waals surface area contributed by atoms with Gasteiger partial charge in [-0.2, -0.15) is 0 Å². The standard InChI is InChI=1S/C22H29N3O2/c1-16(2)27-21-9-7-20(8-10-21)24-11-13-25(14-12-24)22(26)23-19-6-5-17(3)18(4)15-19/h5-10,15-16H,11-14H2,1-4H3,(H,23,26). The van der Waals surface area contributed by atoms with Crippen molar-refractivity contribution in [3.05, 3.63) is 53.6 Å². The van der Waals surface area contributed by atoms with E-state index >= 15 is 0 Å². The van der Waals surface area contributed by atoms with Crippen molar-refractivity contribution in [1.29, 1.82) is 0 Å². The topological polar surface area (TPSA) is 44.8 Å². The number of hydrogen-bond acceptors (Lipinski definition) is 3. The van der Waals surface area contributed by atoms with Crippen LogP contribution in [0.4, 0.5) is 16.2 Å². The molecule has 1 N–H and O–H groups in total. The van der Waals surface area contributed by atoms with Crippen molar-refractivity contribution < 1.29 is 9.53 Å². The van der Waals surface area contributed by atoms with Crippen molar-refractivity contribution in [3.63, 3.8) is 0 Å². The largest absolute Gasteiger partial charge is 0.491 e. The Kier molecular flexibility index (Phi) is 5.89. The first-order valence-corrected chi connectivity index (χ1v) is 9.57. The second-order valence-corrected chi connectivity index (χ2v) is 7.36. The van der Waals surface area contributed by atoms with Crippen LogP contribution in [0.5, 0.6) is 5.75 Å². The first kappa shape index (κ1) is 19.1. The molecule has 0 saturated carbocycles. The predicted molar refractivity (Wildman–Crippen MR) is 111 cm³/mol. The maximum atomic E-state index is 12.5. The van der Waals surface area contributed by atoms with Crippen LogP contribution in [0.15, 0.2) is 42.5 Å². The number of aryl methyl sites for hydroxylation is 2. The lowest BCUT2D eigenvalue weighted by Gasteiger charge is -2.36. The van der Waals surface area contributed by atoms with E-state index in [9.17, 15) is 4.79 Å². The van der Waals surface area contributed by atoms with Gasteiger partial charge in [-0.3, -0.25) is 0 Å². The van der Waals surface area contributed by atoms with E-state index in [4.69, 9.17) is 4.74 Å². The first-order chi connectivity index (χ1) is 12.9. The number of nitrogens with one attached hydrogen (secondary N) is 1. The molecule has 0 atom stereocenters. The number of hydrogen-bond donors (Lipinski definition) is 1. The summed E-state index contributed by atoms with van der Waals surface area (Å²) in [6.07, 6.45) is 0.176. The Morgan fingerprint density at radius 3 is 2.22 bits per heavy atom. The summed E-state index contributed by atoms with van der Waals surface area (Å²) >= 11 is 0. The number of carbonyl (C=O) groups is 1. The summed E-state index contributed by atoms with van der Waals surface area (Å²) in [7, 11) is 0. The van der Waals surface area contributed by atoms with E-state index in [1.807, 2.05) is 49.1 Å². The van der Waals surface area contributed by atoms with Gasteiger partial charge < -0.3 is 19.9 Å². The van der Waals surface area contributed by atoms with Crippen molar-refractivity contribution in [2.75, 3.05) is 36.4 Å². The Morgan fingerprint density at radius 1 is 0.963 bits per heavy atom. The summed E-state index contributed by atoms with van der Waals surface area (Å²) in [5.74, 6) is 0.889. The molecule has 0 unspecified atom stereocenters. The Bertz CT molecular complexity index is 779. The second kappa shape index (κ2) is 8.33. The van der Waals surface area contributed by atoms with Gasteiger partial charge in [0.15, 0.2) is 0 Å².